The summed E-state index contributed by atoms with van der Waals surface area (Å²) < 4.78 is 4.75. The number of imide groups is 1. The molecule has 0 saturated carbocycles. The molecule has 1 aliphatic carbocycles. The minimum Gasteiger partial charge on any atom is -0.454 e. The van der Waals surface area contributed by atoms with Crippen LogP contribution in [-0.2, 0) is 23.9 Å². The summed E-state index contributed by atoms with van der Waals surface area (Å²) in [6, 6.07) is 1.86. The molecule has 1 fully saturated rings. The Morgan fingerprint density at radius 2 is 1.87 bits per heavy atom. The van der Waals surface area contributed by atoms with Gasteiger partial charge in [0.2, 0.25) is 11.8 Å². The van der Waals surface area contributed by atoms with Gasteiger partial charge in [-0.2, -0.15) is 5.26 Å². The molecule has 2 rings (SSSR count). The molecule has 23 heavy (non-hydrogen) atoms. The van der Waals surface area contributed by atoms with Gasteiger partial charge >= 0.3 is 5.97 Å². The van der Waals surface area contributed by atoms with E-state index in [0.717, 1.165) is 4.90 Å². The van der Waals surface area contributed by atoms with Crippen molar-refractivity contribution < 1.29 is 23.9 Å². The molecule has 2 atom stereocenters. The van der Waals surface area contributed by atoms with E-state index >= 15 is 0 Å². The number of fused-ring (bicyclic) bond motifs is 1. The van der Waals surface area contributed by atoms with E-state index < -0.39 is 36.9 Å². The summed E-state index contributed by atoms with van der Waals surface area (Å²) in [5.74, 6) is -2.86. The van der Waals surface area contributed by atoms with Crippen LogP contribution < -0.4 is 5.32 Å². The zero-order valence-corrected chi connectivity index (χ0v) is 12.5. The van der Waals surface area contributed by atoms with E-state index in [-0.39, 0.29) is 24.8 Å². The number of amides is 3. The van der Waals surface area contributed by atoms with Crippen molar-refractivity contribution in [3.8, 4) is 6.07 Å². The fourth-order valence-corrected chi connectivity index (χ4v) is 2.65. The Morgan fingerprint density at radius 3 is 2.43 bits per heavy atom. The van der Waals surface area contributed by atoms with Crippen molar-refractivity contribution in [3.05, 3.63) is 12.2 Å². The Hall–Kier alpha value is -2.69. The average Bonchev–Trinajstić information content (AvgIpc) is 2.79. The van der Waals surface area contributed by atoms with Crippen LogP contribution >= 0.6 is 0 Å². The molecule has 1 aliphatic heterocycles. The number of hydrogen-bond donors (Lipinski definition) is 1. The number of likely N-dealkylation sites (tertiary alicyclic amines) is 1. The highest BCUT2D eigenvalue weighted by molar-refractivity contribution is 6.07. The molecule has 8 heteroatoms. The molecule has 2 aliphatic rings. The van der Waals surface area contributed by atoms with Crippen LogP contribution in [-0.4, -0.2) is 48.3 Å². The fourth-order valence-electron chi connectivity index (χ4n) is 2.65. The Labute approximate surface area is 133 Å². The minimum atomic E-state index is -0.811. The zero-order chi connectivity index (χ0) is 16.8. The van der Waals surface area contributed by atoms with E-state index in [1.165, 1.54) is 0 Å². The van der Waals surface area contributed by atoms with E-state index in [0.29, 0.717) is 12.8 Å². The Morgan fingerprint density at radius 1 is 1.26 bits per heavy atom. The molecule has 8 nitrogen and oxygen atoms in total. The second kappa shape index (κ2) is 7.54. The normalized spacial score (nSPS) is 22.5. The number of esters is 1. The van der Waals surface area contributed by atoms with Gasteiger partial charge < -0.3 is 10.1 Å². The van der Waals surface area contributed by atoms with Crippen LogP contribution in [0.15, 0.2) is 12.2 Å². The van der Waals surface area contributed by atoms with Gasteiger partial charge in [-0.25, -0.2) is 0 Å². The first kappa shape index (κ1) is 16.7. The first-order chi connectivity index (χ1) is 11.0. The van der Waals surface area contributed by atoms with Gasteiger partial charge in [0.15, 0.2) is 6.61 Å². The third kappa shape index (κ3) is 3.94. The van der Waals surface area contributed by atoms with Gasteiger partial charge in [-0.1, -0.05) is 12.2 Å². The number of nitrogens with zero attached hydrogens (tertiary/aromatic N) is 2. The van der Waals surface area contributed by atoms with Crippen LogP contribution in [0.2, 0.25) is 0 Å². The van der Waals surface area contributed by atoms with Crippen LogP contribution in [0.1, 0.15) is 19.3 Å². The van der Waals surface area contributed by atoms with Crippen molar-refractivity contribution in [2.75, 3.05) is 19.7 Å². The van der Waals surface area contributed by atoms with Crippen molar-refractivity contribution in [1.29, 1.82) is 5.26 Å². The molecule has 0 bridgehead atoms. The summed E-state index contributed by atoms with van der Waals surface area (Å²) >= 11 is 0. The van der Waals surface area contributed by atoms with Gasteiger partial charge in [-0.05, 0) is 12.8 Å². The molecule has 0 aromatic rings. The summed E-state index contributed by atoms with van der Waals surface area (Å²) in [5.41, 5.74) is 0. The van der Waals surface area contributed by atoms with Crippen LogP contribution in [0.5, 0.6) is 0 Å². The fraction of sp³-hybridized carbons (Fsp3) is 0.533. The van der Waals surface area contributed by atoms with E-state index in [9.17, 15) is 19.2 Å². The van der Waals surface area contributed by atoms with Crippen LogP contribution in [0.3, 0.4) is 0 Å². The summed E-state index contributed by atoms with van der Waals surface area (Å²) in [5, 5.41) is 10.7. The summed E-state index contributed by atoms with van der Waals surface area (Å²) in [4.78, 5) is 48.3. The minimum absolute atomic E-state index is 0.160. The van der Waals surface area contributed by atoms with Gasteiger partial charge in [0.05, 0.1) is 24.3 Å². The van der Waals surface area contributed by atoms with Crippen LogP contribution in [0.4, 0.5) is 0 Å². The maximum absolute atomic E-state index is 12.2. The molecule has 0 aromatic carbocycles. The van der Waals surface area contributed by atoms with E-state index in [1.807, 2.05) is 18.2 Å². The molecule has 1 N–H and O–H groups in total. The van der Waals surface area contributed by atoms with Crippen molar-refractivity contribution in [2.24, 2.45) is 11.8 Å². The highest BCUT2D eigenvalue weighted by atomic mass is 16.5. The lowest BCUT2D eigenvalue weighted by Crippen LogP contribution is -2.38. The van der Waals surface area contributed by atoms with E-state index in [2.05, 4.69) is 5.32 Å². The molecule has 0 spiro atoms. The Kier molecular flexibility index (Phi) is 5.46. The van der Waals surface area contributed by atoms with Crippen molar-refractivity contribution in [3.63, 3.8) is 0 Å². The van der Waals surface area contributed by atoms with E-state index in [1.54, 1.807) is 0 Å². The summed E-state index contributed by atoms with van der Waals surface area (Å²) in [6.07, 6.45) is 4.89. The van der Waals surface area contributed by atoms with Gasteiger partial charge in [0, 0.05) is 6.54 Å². The number of ether oxygens (including phenoxy) is 1. The molecular weight excluding hydrogens is 302 g/mol. The predicted molar refractivity (Wildman–Crippen MR) is 76.3 cm³/mol. The van der Waals surface area contributed by atoms with Gasteiger partial charge in [0.25, 0.3) is 5.91 Å². The lowest BCUT2D eigenvalue weighted by atomic mass is 9.85. The molecule has 0 radical (unpaired) electrons. The lowest BCUT2D eigenvalue weighted by molar-refractivity contribution is -0.154. The second-order valence-corrected chi connectivity index (χ2v) is 5.34. The third-order valence-corrected chi connectivity index (χ3v) is 3.81. The van der Waals surface area contributed by atoms with Crippen molar-refractivity contribution in [2.45, 2.75) is 19.3 Å². The number of rotatable bonds is 6. The van der Waals surface area contributed by atoms with Gasteiger partial charge in [-0.3, -0.25) is 24.1 Å². The van der Waals surface area contributed by atoms with Crippen molar-refractivity contribution >= 4 is 23.7 Å². The second-order valence-electron chi connectivity index (χ2n) is 5.34. The first-order valence-corrected chi connectivity index (χ1v) is 7.34. The lowest BCUT2D eigenvalue weighted by Gasteiger charge is -2.14. The molecule has 122 valence electrons. The molecule has 3 amide bonds. The number of carbonyl (C=O) groups is 4. The molecule has 0 unspecified atom stereocenters. The number of nitriles is 1. The highest BCUT2D eigenvalue weighted by Crippen LogP contribution is 2.34. The first-order valence-electron chi connectivity index (χ1n) is 7.34. The summed E-state index contributed by atoms with van der Waals surface area (Å²) in [7, 11) is 0. The quantitative estimate of drug-likeness (QED) is 0.306. The molecule has 0 aromatic heterocycles. The molecule has 1 heterocycles. The highest BCUT2D eigenvalue weighted by Gasteiger charge is 2.47. The average molecular weight is 319 g/mol. The number of allylic oxidation sites excluding steroid dienone is 2. The van der Waals surface area contributed by atoms with Gasteiger partial charge in [-0.15, -0.1) is 0 Å². The Balaban J connectivity index is 1.79. The largest absolute Gasteiger partial charge is 0.454 e. The van der Waals surface area contributed by atoms with Crippen LogP contribution in [0, 0.1) is 23.2 Å². The smallest absolute Gasteiger partial charge is 0.326 e. The number of carbonyl (C=O) groups excluding carboxylic acids is 4. The monoisotopic (exact) mass is 319 g/mol. The third-order valence-electron chi connectivity index (χ3n) is 3.81. The zero-order valence-electron chi connectivity index (χ0n) is 12.5. The topological polar surface area (TPSA) is 117 Å². The molecule has 1 saturated heterocycles. The van der Waals surface area contributed by atoms with Crippen LogP contribution in [0.25, 0.3) is 0 Å². The van der Waals surface area contributed by atoms with Crippen molar-refractivity contribution in [1.82, 2.24) is 10.2 Å². The SMILES string of the molecule is N#CCCNC(=O)COC(=O)CN1C(=O)[C@H]2CC=CC[C@@H]2C1=O. The standard InChI is InChI=1S/C15H17N3O5/c16-6-3-7-17-12(19)9-23-13(20)8-18-14(21)10-4-1-2-5-11(10)15(18)22/h1-2,10-11H,3-5,7-9H2,(H,17,19)/t10-,11-/m0/s1. The summed E-state index contributed by atoms with van der Waals surface area (Å²) in [6.45, 7) is -0.808. The predicted octanol–water partition coefficient (Wildman–Crippen LogP) is -0.489. The Bertz CT molecular complexity index is 566. The maximum Gasteiger partial charge on any atom is 0.326 e. The van der Waals surface area contributed by atoms with Gasteiger partial charge in [0.1, 0.15) is 6.54 Å². The van der Waals surface area contributed by atoms with E-state index in [4.69, 9.17) is 10.00 Å². The molecular formula is C15H17N3O5. The number of hydrogen-bond acceptors (Lipinski definition) is 6. The maximum atomic E-state index is 12.2. The number of nitrogens with one attached hydrogen (secondary N) is 1.